The average molecular weight is 702 g/mol. The maximum Gasteiger partial charge on any atom is 0.303 e. The molecule has 0 spiro atoms. The van der Waals surface area contributed by atoms with Gasteiger partial charge in [-0.3, -0.25) is 9.59 Å². The van der Waals surface area contributed by atoms with Crippen LogP contribution in [-0.4, -0.2) is 45.4 Å². The van der Waals surface area contributed by atoms with E-state index >= 15 is 0 Å². The van der Waals surface area contributed by atoms with Gasteiger partial charge in [-0.2, -0.15) is 0 Å². The van der Waals surface area contributed by atoms with E-state index in [-0.39, 0.29) is 53.1 Å². The zero-order chi connectivity index (χ0) is 36.1. The number of carboxylic acid groups (broad SMARTS) is 1. The lowest BCUT2D eigenvalue weighted by atomic mass is 9.43. The first kappa shape index (κ1) is 41.6. The summed E-state index contributed by atoms with van der Waals surface area (Å²) in [5.74, 6) is 1.14. The zero-order valence-electron chi connectivity index (χ0n) is 32.9. The molecule has 0 heterocycles. The van der Waals surface area contributed by atoms with Crippen molar-refractivity contribution < 1.29 is 24.9 Å². The van der Waals surface area contributed by atoms with Crippen molar-refractivity contribution >= 4 is 11.9 Å². The van der Waals surface area contributed by atoms with E-state index in [0.29, 0.717) is 30.6 Å². The summed E-state index contributed by atoms with van der Waals surface area (Å²) in [5, 5.41) is 36.2. The molecule has 50 heavy (non-hydrogen) atoms. The lowest BCUT2D eigenvalue weighted by Crippen LogP contribution is -2.63. The van der Waals surface area contributed by atoms with Crippen LogP contribution in [0.25, 0.3) is 0 Å². The van der Waals surface area contributed by atoms with Crippen molar-refractivity contribution in [2.24, 2.45) is 46.3 Å². The van der Waals surface area contributed by atoms with E-state index in [0.717, 1.165) is 57.8 Å². The van der Waals surface area contributed by atoms with E-state index in [1.807, 2.05) is 0 Å². The number of carbonyl (C=O) groups excluding carboxylic acids is 1. The SMILES string of the molecule is CCCCCCCCCCCCCCCCCCCC(=O)N[C@H]1CC[C@@]2(C)C(C1)C[C@@H](O)C1C2C[C@H](O)[C@@]2(C)C1CC[C@@H]2[C@H](C)CCC(=O)O. The second kappa shape index (κ2) is 20.4. The highest BCUT2D eigenvalue weighted by atomic mass is 16.4. The minimum atomic E-state index is -0.746. The lowest BCUT2D eigenvalue weighted by Gasteiger charge is -2.63. The van der Waals surface area contributed by atoms with Gasteiger partial charge in [0.1, 0.15) is 0 Å². The third-order valence-corrected chi connectivity index (χ3v) is 15.2. The summed E-state index contributed by atoms with van der Waals surface area (Å²) in [6.07, 6.45) is 30.1. The fraction of sp³-hybridized carbons (Fsp3) is 0.955. The van der Waals surface area contributed by atoms with Crippen LogP contribution in [0.4, 0.5) is 0 Å². The molecule has 0 aromatic rings. The molecule has 4 fully saturated rings. The van der Waals surface area contributed by atoms with Gasteiger partial charge in [0.15, 0.2) is 0 Å². The number of carboxylic acids is 1. The molecule has 4 saturated carbocycles. The second-order valence-corrected chi connectivity index (χ2v) is 18.5. The highest BCUT2D eigenvalue weighted by Gasteiger charge is 2.65. The molecule has 6 heteroatoms. The summed E-state index contributed by atoms with van der Waals surface area (Å²) >= 11 is 0. The van der Waals surface area contributed by atoms with Crippen molar-refractivity contribution in [3.05, 3.63) is 0 Å². The van der Waals surface area contributed by atoms with Crippen molar-refractivity contribution in [3.63, 3.8) is 0 Å². The average Bonchev–Trinajstić information content (AvgIpc) is 3.44. The number of aliphatic hydroxyl groups is 2. The Kier molecular flexibility index (Phi) is 16.9. The number of unbranched alkanes of at least 4 members (excludes halogenated alkanes) is 16. The van der Waals surface area contributed by atoms with E-state index < -0.39 is 12.1 Å². The maximum atomic E-state index is 13.0. The number of aliphatic hydroxyl groups excluding tert-OH is 2. The van der Waals surface area contributed by atoms with Crippen LogP contribution in [0.15, 0.2) is 0 Å². The molecule has 4 aliphatic rings. The number of amides is 1. The van der Waals surface area contributed by atoms with Crippen LogP contribution < -0.4 is 5.32 Å². The quantitative estimate of drug-likeness (QED) is 0.0794. The number of hydrogen-bond acceptors (Lipinski definition) is 4. The predicted molar refractivity (Wildman–Crippen MR) is 205 cm³/mol. The molecule has 1 amide bonds. The smallest absolute Gasteiger partial charge is 0.303 e. The molecule has 0 aromatic heterocycles. The van der Waals surface area contributed by atoms with Crippen LogP contribution in [0.5, 0.6) is 0 Å². The van der Waals surface area contributed by atoms with Crippen molar-refractivity contribution in [2.45, 2.75) is 219 Å². The molecule has 0 aliphatic heterocycles. The zero-order valence-corrected chi connectivity index (χ0v) is 32.9. The normalized spacial score (nSPS) is 35.6. The largest absolute Gasteiger partial charge is 0.481 e. The molecule has 0 bridgehead atoms. The lowest BCUT2D eigenvalue weighted by molar-refractivity contribution is -0.202. The second-order valence-electron chi connectivity index (χ2n) is 18.5. The molecule has 4 N–H and O–H groups in total. The fourth-order valence-electron chi connectivity index (χ4n) is 12.1. The van der Waals surface area contributed by atoms with Crippen molar-refractivity contribution in [1.82, 2.24) is 5.32 Å². The summed E-state index contributed by atoms with van der Waals surface area (Å²) in [7, 11) is 0. The number of aliphatic carboxylic acids is 1. The molecule has 6 nitrogen and oxygen atoms in total. The molecule has 290 valence electrons. The molecule has 4 rings (SSSR count). The molecular formula is C44H79NO5. The standard InChI is InChI=1S/C44H79NO5/c1-5-6-7-8-9-10-11-12-13-14-15-16-17-18-19-20-21-22-40(48)45-34-27-28-43(3)33(29-34)30-38(46)42-36-25-24-35(32(2)23-26-41(49)50)44(36,4)39(47)31-37(42)43/h32-39,42,46-47H,5-31H2,1-4H3,(H,45,48)(H,49,50)/t32-,33?,34+,35-,36?,37?,38-,39+,42?,43+,44-/m1/s1. The maximum absolute atomic E-state index is 13.0. The van der Waals surface area contributed by atoms with Gasteiger partial charge in [-0.25, -0.2) is 0 Å². The number of nitrogens with one attached hydrogen (secondary N) is 1. The Morgan fingerprint density at radius 3 is 1.84 bits per heavy atom. The first-order valence-electron chi connectivity index (χ1n) is 21.9. The van der Waals surface area contributed by atoms with Crippen molar-refractivity contribution in [3.8, 4) is 0 Å². The number of hydrogen-bond donors (Lipinski definition) is 4. The van der Waals surface area contributed by atoms with Gasteiger partial charge >= 0.3 is 5.97 Å². The summed E-state index contributed by atoms with van der Waals surface area (Å²) in [6.45, 7) is 9.13. The topological polar surface area (TPSA) is 107 Å². The summed E-state index contributed by atoms with van der Waals surface area (Å²) < 4.78 is 0. The Morgan fingerprint density at radius 2 is 1.28 bits per heavy atom. The van der Waals surface area contributed by atoms with E-state index in [2.05, 4.69) is 33.0 Å². The minimum absolute atomic E-state index is 0.0774. The van der Waals surface area contributed by atoms with Crippen molar-refractivity contribution in [2.75, 3.05) is 0 Å². The highest BCUT2D eigenvalue weighted by Crippen LogP contribution is 2.68. The Morgan fingerprint density at radius 1 is 0.720 bits per heavy atom. The van der Waals surface area contributed by atoms with Gasteiger partial charge < -0.3 is 20.6 Å². The fourth-order valence-corrected chi connectivity index (χ4v) is 12.1. The van der Waals surface area contributed by atoms with Crippen molar-refractivity contribution in [1.29, 1.82) is 0 Å². The summed E-state index contributed by atoms with van der Waals surface area (Å²) in [5.41, 5.74) is -0.186. The molecule has 0 saturated heterocycles. The Bertz CT molecular complexity index is 1020. The van der Waals surface area contributed by atoms with E-state index in [1.165, 1.54) is 96.3 Å². The van der Waals surface area contributed by atoms with Gasteiger partial charge in [0.05, 0.1) is 12.2 Å². The molecule has 4 unspecified atom stereocenters. The van der Waals surface area contributed by atoms with Crippen LogP contribution in [0, 0.1) is 46.3 Å². The highest BCUT2D eigenvalue weighted by molar-refractivity contribution is 5.76. The van der Waals surface area contributed by atoms with Crippen LogP contribution in [0.3, 0.4) is 0 Å². The number of carbonyl (C=O) groups is 2. The number of rotatable bonds is 23. The molecule has 0 aromatic carbocycles. The van der Waals surface area contributed by atoms with Crippen LogP contribution in [-0.2, 0) is 9.59 Å². The first-order valence-corrected chi connectivity index (χ1v) is 21.9. The third kappa shape index (κ3) is 10.7. The van der Waals surface area contributed by atoms with E-state index in [1.54, 1.807) is 0 Å². The Hall–Kier alpha value is -1.14. The van der Waals surface area contributed by atoms with Gasteiger partial charge in [0.2, 0.25) is 5.91 Å². The Balaban J connectivity index is 1.10. The number of fused-ring (bicyclic) bond motifs is 5. The molecule has 4 aliphatic carbocycles. The minimum Gasteiger partial charge on any atom is -0.481 e. The van der Waals surface area contributed by atoms with Crippen LogP contribution in [0.1, 0.15) is 201 Å². The first-order chi connectivity index (χ1) is 24.0. The summed E-state index contributed by atoms with van der Waals surface area (Å²) in [4.78, 5) is 24.2. The van der Waals surface area contributed by atoms with Crippen LogP contribution >= 0.6 is 0 Å². The third-order valence-electron chi connectivity index (χ3n) is 15.2. The van der Waals surface area contributed by atoms with Gasteiger partial charge in [-0.05, 0) is 104 Å². The van der Waals surface area contributed by atoms with Gasteiger partial charge in [0, 0.05) is 18.9 Å². The Labute approximate surface area is 307 Å². The van der Waals surface area contributed by atoms with Gasteiger partial charge in [-0.1, -0.05) is 130 Å². The molecule has 11 atom stereocenters. The van der Waals surface area contributed by atoms with Gasteiger partial charge in [0.25, 0.3) is 0 Å². The monoisotopic (exact) mass is 702 g/mol. The van der Waals surface area contributed by atoms with Gasteiger partial charge in [-0.15, -0.1) is 0 Å². The molecular weight excluding hydrogens is 622 g/mol. The van der Waals surface area contributed by atoms with Crippen LogP contribution in [0.2, 0.25) is 0 Å². The predicted octanol–water partition coefficient (Wildman–Crippen LogP) is 10.6. The summed E-state index contributed by atoms with van der Waals surface area (Å²) in [6, 6.07) is 0.194. The van der Waals surface area contributed by atoms with E-state index in [9.17, 15) is 24.9 Å². The van der Waals surface area contributed by atoms with E-state index in [4.69, 9.17) is 0 Å². The molecule has 0 radical (unpaired) electrons.